The first-order valence-electron chi connectivity index (χ1n) is 9.48. The number of nitrogens with zero attached hydrogens (tertiary/aromatic N) is 1. The number of carbonyl (C=O) groups excluding carboxylic acids is 2. The Morgan fingerprint density at radius 3 is 2.20 bits per heavy atom. The lowest BCUT2D eigenvalue weighted by molar-refractivity contribution is -0.116. The van der Waals surface area contributed by atoms with Crippen molar-refractivity contribution in [2.75, 3.05) is 24.4 Å². The largest absolute Gasteiger partial charge is 0.493 e. The Morgan fingerprint density at radius 2 is 1.53 bits per heavy atom. The molecule has 0 bridgehead atoms. The van der Waals surface area contributed by atoms with Crippen molar-refractivity contribution >= 4 is 23.2 Å². The van der Waals surface area contributed by atoms with Gasteiger partial charge in [0.2, 0.25) is 5.91 Å². The Hall–Kier alpha value is -3.80. The molecule has 0 saturated heterocycles. The first-order chi connectivity index (χ1) is 14.5. The van der Waals surface area contributed by atoms with Crippen LogP contribution in [0.25, 0.3) is 0 Å². The van der Waals surface area contributed by atoms with Crippen molar-refractivity contribution in [2.45, 2.75) is 13.5 Å². The minimum atomic E-state index is -0.282. The molecule has 3 aromatic rings. The van der Waals surface area contributed by atoms with Crippen molar-refractivity contribution in [2.24, 2.45) is 0 Å². The van der Waals surface area contributed by atoms with Gasteiger partial charge in [0, 0.05) is 12.6 Å². The minimum Gasteiger partial charge on any atom is -0.493 e. The Balaban J connectivity index is 1.92. The molecule has 6 heteroatoms. The molecule has 0 aliphatic heterocycles. The second-order valence-electron chi connectivity index (χ2n) is 6.63. The normalized spacial score (nSPS) is 10.2. The maximum absolute atomic E-state index is 12.9. The van der Waals surface area contributed by atoms with E-state index in [-0.39, 0.29) is 18.4 Å². The molecule has 0 fully saturated rings. The number of amides is 2. The smallest absolute Gasteiger partial charge is 0.257 e. The average molecular weight is 404 g/mol. The fourth-order valence-electron chi connectivity index (χ4n) is 3.15. The Kier molecular flexibility index (Phi) is 6.70. The zero-order valence-electron chi connectivity index (χ0n) is 17.2. The molecule has 30 heavy (non-hydrogen) atoms. The first-order valence-corrected chi connectivity index (χ1v) is 9.48. The molecule has 3 aromatic carbocycles. The van der Waals surface area contributed by atoms with E-state index in [1.807, 2.05) is 42.5 Å². The molecule has 0 unspecified atom stereocenters. The first kappa shape index (κ1) is 20.9. The van der Waals surface area contributed by atoms with E-state index in [1.54, 1.807) is 49.5 Å². The van der Waals surface area contributed by atoms with Crippen LogP contribution >= 0.6 is 0 Å². The number of rotatable bonds is 7. The van der Waals surface area contributed by atoms with Crippen molar-refractivity contribution in [3.05, 3.63) is 83.9 Å². The minimum absolute atomic E-state index is 0.176. The lowest BCUT2D eigenvalue weighted by Gasteiger charge is -2.24. The number of hydrogen-bond acceptors (Lipinski definition) is 4. The summed E-state index contributed by atoms with van der Waals surface area (Å²) >= 11 is 0. The Bertz CT molecular complexity index is 1030. The number of hydrogen-bond donors (Lipinski definition) is 1. The maximum atomic E-state index is 12.9. The highest BCUT2D eigenvalue weighted by Gasteiger charge is 2.20. The summed E-state index contributed by atoms with van der Waals surface area (Å²) in [5.74, 6) is 0.729. The van der Waals surface area contributed by atoms with E-state index in [1.165, 1.54) is 6.92 Å². The highest BCUT2D eigenvalue weighted by Crippen LogP contribution is 2.30. The SMILES string of the molecule is COc1ccc(CN(C(C)=O)c2ccccc2C(=O)Nc2ccccc2)cc1OC. The zero-order valence-corrected chi connectivity index (χ0v) is 17.2. The number of carbonyl (C=O) groups is 2. The van der Waals surface area contributed by atoms with Crippen molar-refractivity contribution in [1.29, 1.82) is 0 Å². The number of benzene rings is 3. The number of ether oxygens (including phenoxy) is 2. The third-order valence-electron chi connectivity index (χ3n) is 4.64. The number of para-hydroxylation sites is 2. The monoisotopic (exact) mass is 404 g/mol. The molecule has 154 valence electrons. The van der Waals surface area contributed by atoms with Gasteiger partial charge in [-0.3, -0.25) is 9.59 Å². The topological polar surface area (TPSA) is 67.9 Å². The van der Waals surface area contributed by atoms with E-state index in [0.29, 0.717) is 28.4 Å². The van der Waals surface area contributed by atoms with Gasteiger partial charge in [-0.25, -0.2) is 0 Å². The molecule has 0 aromatic heterocycles. The summed E-state index contributed by atoms with van der Waals surface area (Å²) in [7, 11) is 3.13. The molecule has 0 radical (unpaired) electrons. The van der Waals surface area contributed by atoms with Crippen LogP contribution in [0.1, 0.15) is 22.8 Å². The predicted molar refractivity (Wildman–Crippen MR) is 117 cm³/mol. The summed E-state index contributed by atoms with van der Waals surface area (Å²) < 4.78 is 10.6. The number of nitrogens with one attached hydrogen (secondary N) is 1. The summed E-state index contributed by atoms with van der Waals surface area (Å²) in [4.78, 5) is 27.0. The summed E-state index contributed by atoms with van der Waals surface area (Å²) in [6.45, 7) is 1.76. The molecule has 0 spiro atoms. The molecular formula is C24H24N2O4. The van der Waals surface area contributed by atoms with Gasteiger partial charge in [0.15, 0.2) is 11.5 Å². The molecule has 2 amide bonds. The third kappa shape index (κ3) is 4.78. The van der Waals surface area contributed by atoms with Gasteiger partial charge in [0.05, 0.1) is 32.0 Å². The molecule has 1 N–H and O–H groups in total. The number of methoxy groups -OCH3 is 2. The van der Waals surface area contributed by atoms with Gasteiger partial charge >= 0.3 is 0 Å². The number of anilines is 2. The van der Waals surface area contributed by atoms with Crippen molar-refractivity contribution in [3.8, 4) is 11.5 Å². The van der Waals surface area contributed by atoms with Crippen molar-refractivity contribution in [1.82, 2.24) is 0 Å². The van der Waals surface area contributed by atoms with Crippen LogP contribution in [0.3, 0.4) is 0 Å². The highest BCUT2D eigenvalue weighted by atomic mass is 16.5. The van der Waals surface area contributed by atoms with Crippen LogP contribution in [0.2, 0.25) is 0 Å². The van der Waals surface area contributed by atoms with Gasteiger partial charge < -0.3 is 19.7 Å². The lowest BCUT2D eigenvalue weighted by Crippen LogP contribution is -2.30. The molecule has 0 aliphatic carbocycles. The second kappa shape index (κ2) is 9.60. The van der Waals surface area contributed by atoms with Crippen LogP contribution in [0.4, 0.5) is 11.4 Å². The van der Waals surface area contributed by atoms with E-state index in [2.05, 4.69) is 5.32 Å². The summed E-state index contributed by atoms with van der Waals surface area (Å²) in [5, 5.41) is 2.88. The average Bonchev–Trinajstić information content (AvgIpc) is 2.77. The van der Waals surface area contributed by atoms with Gasteiger partial charge in [0.25, 0.3) is 5.91 Å². The highest BCUT2D eigenvalue weighted by molar-refractivity contribution is 6.10. The molecule has 0 atom stereocenters. The zero-order chi connectivity index (χ0) is 21.5. The summed E-state index contributed by atoms with van der Waals surface area (Å²) in [6.07, 6.45) is 0. The van der Waals surface area contributed by atoms with Crippen molar-refractivity contribution < 1.29 is 19.1 Å². The summed E-state index contributed by atoms with van der Waals surface area (Å²) in [6, 6.07) is 21.7. The van der Waals surface area contributed by atoms with E-state index >= 15 is 0 Å². The molecule has 6 nitrogen and oxygen atoms in total. The molecular weight excluding hydrogens is 380 g/mol. The van der Waals surface area contributed by atoms with Crippen LogP contribution in [0.15, 0.2) is 72.8 Å². The van der Waals surface area contributed by atoms with Gasteiger partial charge in [-0.15, -0.1) is 0 Å². The molecule has 0 saturated carbocycles. The maximum Gasteiger partial charge on any atom is 0.257 e. The molecule has 0 aliphatic rings. The quantitative estimate of drug-likeness (QED) is 0.629. The van der Waals surface area contributed by atoms with Gasteiger partial charge in [-0.2, -0.15) is 0 Å². The molecule has 3 rings (SSSR count). The summed E-state index contributed by atoms with van der Waals surface area (Å²) in [5.41, 5.74) is 2.48. The second-order valence-corrected chi connectivity index (χ2v) is 6.63. The van der Waals surface area contributed by atoms with Crippen molar-refractivity contribution in [3.63, 3.8) is 0 Å². The lowest BCUT2D eigenvalue weighted by atomic mass is 10.1. The van der Waals surface area contributed by atoms with Crippen LogP contribution in [0, 0.1) is 0 Å². The van der Waals surface area contributed by atoms with Gasteiger partial charge in [0.1, 0.15) is 0 Å². The standard InChI is InChI=1S/C24H24N2O4/c1-17(27)26(16-18-13-14-22(29-2)23(15-18)30-3)21-12-8-7-11-20(21)24(28)25-19-9-5-4-6-10-19/h4-15H,16H2,1-3H3,(H,25,28). The fraction of sp³-hybridized carbons (Fsp3) is 0.167. The predicted octanol–water partition coefficient (Wildman–Crippen LogP) is 4.51. The van der Waals surface area contributed by atoms with E-state index in [0.717, 1.165) is 5.56 Å². The van der Waals surface area contributed by atoms with E-state index < -0.39 is 0 Å². The van der Waals surface area contributed by atoms with Gasteiger partial charge in [-0.05, 0) is 42.0 Å². The van der Waals surface area contributed by atoms with E-state index in [9.17, 15) is 9.59 Å². The fourth-order valence-corrected chi connectivity index (χ4v) is 3.15. The van der Waals surface area contributed by atoms with E-state index in [4.69, 9.17) is 9.47 Å². The Labute approximate surface area is 176 Å². The van der Waals surface area contributed by atoms with Crippen LogP contribution < -0.4 is 19.7 Å². The van der Waals surface area contributed by atoms with Crippen LogP contribution in [0.5, 0.6) is 11.5 Å². The van der Waals surface area contributed by atoms with Gasteiger partial charge in [-0.1, -0.05) is 36.4 Å². The third-order valence-corrected chi connectivity index (χ3v) is 4.64. The molecule has 0 heterocycles. The Morgan fingerprint density at radius 1 is 0.867 bits per heavy atom. The van der Waals surface area contributed by atoms with Crippen LogP contribution in [-0.4, -0.2) is 26.0 Å². The van der Waals surface area contributed by atoms with Crippen LogP contribution in [-0.2, 0) is 11.3 Å².